The van der Waals surface area contributed by atoms with Crippen LogP contribution >= 0.6 is 0 Å². The molecule has 2 fully saturated rings. The van der Waals surface area contributed by atoms with Crippen LogP contribution in [0.25, 0.3) is 0 Å². The minimum Gasteiger partial charge on any atom is -0.444 e. The lowest BCUT2D eigenvalue weighted by atomic mass is 9.71. The summed E-state index contributed by atoms with van der Waals surface area (Å²) in [7, 11) is 0. The van der Waals surface area contributed by atoms with Crippen LogP contribution < -0.4 is 10.6 Å². The Bertz CT molecular complexity index is 351. The second-order valence-corrected chi connectivity index (χ2v) is 8.20. The molecule has 22 heavy (non-hydrogen) atoms. The van der Waals surface area contributed by atoms with Crippen molar-refractivity contribution in [2.45, 2.75) is 77.9 Å². The maximum atomic E-state index is 11.8. The van der Waals surface area contributed by atoms with Gasteiger partial charge in [0.15, 0.2) is 0 Å². The largest absolute Gasteiger partial charge is 0.444 e. The number of carbonyl (C=O) groups is 1. The van der Waals surface area contributed by atoms with Gasteiger partial charge in [-0.1, -0.05) is 6.92 Å². The first-order chi connectivity index (χ1) is 10.3. The molecule has 4 heteroatoms. The molecule has 0 aromatic heterocycles. The van der Waals surface area contributed by atoms with Gasteiger partial charge in [-0.2, -0.15) is 0 Å². The second-order valence-electron chi connectivity index (χ2n) is 8.20. The van der Waals surface area contributed by atoms with Crippen molar-refractivity contribution in [1.29, 1.82) is 0 Å². The molecule has 1 aliphatic carbocycles. The van der Waals surface area contributed by atoms with Gasteiger partial charge in [0.05, 0.1) is 0 Å². The van der Waals surface area contributed by atoms with E-state index in [1.807, 2.05) is 20.8 Å². The zero-order chi connectivity index (χ0) is 16.2. The fraction of sp³-hybridized carbons (Fsp3) is 0.944. The Morgan fingerprint density at radius 3 is 2.14 bits per heavy atom. The summed E-state index contributed by atoms with van der Waals surface area (Å²) >= 11 is 0. The first kappa shape index (κ1) is 17.6. The van der Waals surface area contributed by atoms with Gasteiger partial charge in [0.25, 0.3) is 0 Å². The first-order valence-electron chi connectivity index (χ1n) is 9.05. The Kier molecular flexibility index (Phi) is 6.13. The zero-order valence-corrected chi connectivity index (χ0v) is 14.8. The third-order valence-corrected chi connectivity index (χ3v) is 5.36. The van der Waals surface area contributed by atoms with Gasteiger partial charge < -0.3 is 15.4 Å². The Balaban J connectivity index is 1.72. The van der Waals surface area contributed by atoms with Gasteiger partial charge in [0.1, 0.15) is 5.60 Å². The van der Waals surface area contributed by atoms with E-state index in [-0.39, 0.29) is 6.09 Å². The van der Waals surface area contributed by atoms with Crippen molar-refractivity contribution in [2.75, 3.05) is 13.1 Å². The van der Waals surface area contributed by atoms with Crippen molar-refractivity contribution in [3.63, 3.8) is 0 Å². The van der Waals surface area contributed by atoms with E-state index in [4.69, 9.17) is 4.74 Å². The molecule has 2 rings (SSSR count). The second kappa shape index (κ2) is 7.67. The maximum Gasteiger partial charge on any atom is 0.407 e. The van der Waals surface area contributed by atoms with Crippen molar-refractivity contribution in [3.05, 3.63) is 0 Å². The molecule has 1 aliphatic heterocycles. The van der Waals surface area contributed by atoms with Crippen LogP contribution in [0.2, 0.25) is 0 Å². The maximum absolute atomic E-state index is 11.8. The van der Waals surface area contributed by atoms with Crippen molar-refractivity contribution in [2.24, 2.45) is 17.8 Å². The average molecular weight is 310 g/mol. The summed E-state index contributed by atoms with van der Waals surface area (Å²) in [6.45, 7) is 10.5. The van der Waals surface area contributed by atoms with E-state index < -0.39 is 5.60 Å². The summed E-state index contributed by atoms with van der Waals surface area (Å²) in [6, 6.07) is 0.298. The number of carbonyl (C=O) groups excluding carboxylic acids is 1. The van der Waals surface area contributed by atoms with Crippen LogP contribution in [0.15, 0.2) is 0 Å². The van der Waals surface area contributed by atoms with E-state index in [0.717, 1.165) is 30.6 Å². The molecule has 2 aliphatic rings. The molecule has 4 nitrogen and oxygen atoms in total. The number of hydrogen-bond acceptors (Lipinski definition) is 3. The third kappa shape index (κ3) is 5.45. The van der Waals surface area contributed by atoms with Gasteiger partial charge in [-0.05, 0) is 90.1 Å². The van der Waals surface area contributed by atoms with Crippen LogP contribution in [0.5, 0.6) is 0 Å². The van der Waals surface area contributed by atoms with Crippen LogP contribution in [-0.2, 0) is 4.74 Å². The number of alkyl carbamates (subject to hydrolysis) is 1. The van der Waals surface area contributed by atoms with E-state index in [1.165, 1.54) is 38.8 Å². The molecule has 0 aromatic rings. The molecule has 0 radical (unpaired) electrons. The van der Waals surface area contributed by atoms with Gasteiger partial charge in [-0.15, -0.1) is 0 Å². The lowest BCUT2D eigenvalue weighted by Gasteiger charge is -2.38. The fourth-order valence-corrected chi connectivity index (χ4v) is 4.02. The Morgan fingerprint density at radius 2 is 1.59 bits per heavy atom. The number of nitrogens with one attached hydrogen (secondary N) is 2. The van der Waals surface area contributed by atoms with E-state index >= 15 is 0 Å². The zero-order valence-electron chi connectivity index (χ0n) is 14.8. The summed E-state index contributed by atoms with van der Waals surface area (Å²) in [6.07, 6.45) is 7.08. The molecule has 1 saturated carbocycles. The van der Waals surface area contributed by atoms with Crippen LogP contribution in [-0.4, -0.2) is 30.8 Å². The molecule has 1 saturated heterocycles. The first-order valence-corrected chi connectivity index (χ1v) is 9.05. The minimum absolute atomic E-state index is 0.262. The Labute approximate surface area is 135 Å². The van der Waals surface area contributed by atoms with Crippen LogP contribution in [0.3, 0.4) is 0 Å². The standard InChI is InChI=1S/C18H34N2O2/c1-13(15-9-11-19-12-10-15)14-5-7-16(8-6-14)20-17(21)22-18(2,3)4/h13-16,19H,5-12H2,1-4H3,(H,20,21). The van der Waals surface area contributed by atoms with Crippen LogP contribution in [0, 0.1) is 17.8 Å². The van der Waals surface area contributed by atoms with Gasteiger partial charge in [-0.3, -0.25) is 0 Å². The highest BCUT2D eigenvalue weighted by Crippen LogP contribution is 2.36. The van der Waals surface area contributed by atoms with Gasteiger partial charge >= 0.3 is 6.09 Å². The number of hydrogen-bond donors (Lipinski definition) is 2. The molecule has 0 aromatic carbocycles. The van der Waals surface area contributed by atoms with Crippen molar-refractivity contribution >= 4 is 6.09 Å². The summed E-state index contributed by atoms with van der Waals surface area (Å²) < 4.78 is 5.35. The molecule has 128 valence electrons. The fourth-order valence-electron chi connectivity index (χ4n) is 4.02. The highest BCUT2D eigenvalue weighted by Gasteiger charge is 2.31. The number of ether oxygens (including phenoxy) is 1. The summed E-state index contributed by atoms with van der Waals surface area (Å²) in [5.41, 5.74) is -0.412. The SMILES string of the molecule is CC(C1CCNCC1)C1CCC(NC(=O)OC(C)(C)C)CC1. The lowest BCUT2D eigenvalue weighted by Crippen LogP contribution is -2.42. The smallest absolute Gasteiger partial charge is 0.407 e. The molecule has 0 spiro atoms. The highest BCUT2D eigenvalue weighted by atomic mass is 16.6. The number of amides is 1. The van der Waals surface area contributed by atoms with Crippen molar-refractivity contribution in [1.82, 2.24) is 10.6 Å². The quantitative estimate of drug-likeness (QED) is 0.835. The molecule has 1 atom stereocenters. The highest BCUT2D eigenvalue weighted by molar-refractivity contribution is 5.68. The molecule has 1 unspecified atom stereocenters. The van der Waals surface area contributed by atoms with Gasteiger partial charge in [0.2, 0.25) is 0 Å². The topological polar surface area (TPSA) is 50.4 Å². The molecule has 1 heterocycles. The molecule has 1 amide bonds. The monoisotopic (exact) mass is 310 g/mol. The normalized spacial score (nSPS) is 28.9. The van der Waals surface area contributed by atoms with Crippen LogP contribution in [0.1, 0.15) is 66.2 Å². The Hall–Kier alpha value is -0.770. The van der Waals surface area contributed by atoms with Crippen molar-refractivity contribution in [3.8, 4) is 0 Å². The van der Waals surface area contributed by atoms with Gasteiger partial charge in [0, 0.05) is 6.04 Å². The van der Waals surface area contributed by atoms with E-state index in [2.05, 4.69) is 17.6 Å². The number of rotatable bonds is 3. The van der Waals surface area contributed by atoms with Crippen LogP contribution in [0.4, 0.5) is 4.79 Å². The summed E-state index contributed by atoms with van der Waals surface area (Å²) in [4.78, 5) is 11.8. The summed E-state index contributed by atoms with van der Waals surface area (Å²) in [5.74, 6) is 2.55. The van der Waals surface area contributed by atoms with Crippen molar-refractivity contribution < 1.29 is 9.53 Å². The summed E-state index contributed by atoms with van der Waals surface area (Å²) in [5, 5.41) is 6.50. The molecular weight excluding hydrogens is 276 g/mol. The predicted octanol–water partition coefficient (Wildman–Crippen LogP) is 3.71. The number of piperidine rings is 1. The molecular formula is C18H34N2O2. The van der Waals surface area contributed by atoms with E-state index in [1.54, 1.807) is 0 Å². The lowest BCUT2D eigenvalue weighted by molar-refractivity contribution is 0.0477. The molecule has 0 bridgehead atoms. The van der Waals surface area contributed by atoms with E-state index in [0.29, 0.717) is 6.04 Å². The predicted molar refractivity (Wildman–Crippen MR) is 89.9 cm³/mol. The molecule has 2 N–H and O–H groups in total. The Morgan fingerprint density at radius 1 is 1.05 bits per heavy atom. The van der Waals surface area contributed by atoms with Gasteiger partial charge in [-0.25, -0.2) is 4.79 Å². The van der Waals surface area contributed by atoms with E-state index in [9.17, 15) is 4.79 Å². The average Bonchev–Trinajstić information content (AvgIpc) is 2.46. The minimum atomic E-state index is -0.412. The third-order valence-electron chi connectivity index (χ3n) is 5.36.